The summed E-state index contributed by atoms with van der Waals surface area (Å²) in [5.41, 5.74) is 0.880. The molecule has 2 rings (SSSR count). The standard InChI is InChI=1S/C14H13BrCl2N2O/c1-14(2,3)11-10(15)13(20)19-12(18-11)7-4-8(16)6-9(17)5-7/h4-6H,1-3H3,(H,18,19,20). The quantitative estimate of drug-likeness (QED) is 0.777. The van der Waals surface area contributed by atoms with Crippen LogP contribution in [0.3, 0.4) is 0 Å². The van der Waals surface area contributed by atoms with Crippen molar-refractivity contribution in [1.29, 1.82) is 0 Å². The van der Waals surface area contributed by atoms with Gasteiger partial charge in [0.25, 0.3) is 5.56 Å². The van der Waals surface area contributed by atoms with Gasteiger partial charge >= 0.3 is 0 Å². The van der Waals surface area contributed by atoms with Crippen LogP contribution in [0.2, 0.25) is 10.0 Å². The van der Waals surface area contributed by atoms with E-state index in [1.54, 1.807) is 18.2 Å². The highest BCUT2D eigenvalue weighted by molar-refractivity contribution is 9.10. The zero-order valence-electron chi connectivity index (χ0n) is 11.2. The monoisotopic (exact) mass is 374 g/mol. The van der Waals surface area contributed by atoms with Gasteiger partial charge in [-0.3, -0.25) is 4.79 Å². The predicted molar refractivity (Wildman–Crippen MR) is 86.7 cm³/mol. The zero-order valence-corrected chi connectivity index (χ0v) is 14.3. The Kier molecular flexibility index (Phi) is 4.28. The van der Waals surface area contributed by atoms with E-state index in [9.17, 15) is 4.79 Å². The number of rotatable bonds is 1. The lowest BCUT2D eigenvalue weighted by Gasteiger charge is -2.19. The van der Waals surface area contributed by atoms with Crippen LogP contribution in [-0.2, 0) is 5.41 Å². The summed E-state index contributed by atoms with van der Waals surface area (Å²) >= 11 is 15.3. The molecule has 20 heavy (non-hydrogen) atoms. The van der Waals surface area contributed by atoms with Crippen molar-refractivity contribution in [2.45, 2.75) is 26.2 Å². The Morgan fingerprint density at radius 3 is 2.20 bits per heavy atom. The van der Waals surface area contributed by atoms with Crippen molar-refractivity contribution in [3.8, 4) is 11.4 Å². The molecule has 0 unspecified atom stereocenters. The maximum absolute atomic E-state index is 12.0. The van der Waals surface area contributed by atoms with E-state index in [1.807, 2.05) is 20.8 Å². The number of aromatic nitrogens is 2. The Labute approximate surface area is 135 Å². The third kappa shape index (κ3) is 3.25. The Morgan fingerprint density at radius 2 is 1.70 bits per heavy atom. The van der Waals surface area contributed by atoms with Gasteiger partial charge in [-0.1, -0.05) is 44.0 Å². The molecule has 1 N–H and O–H groups in total. The minimum atomic E-state index is -0.260. The first-order valence-corrected chi connectivity index (χ1v) is 7.50. The number of nitrogens with one attached hydrogen (secondary N) is 1. The average molecular weight is 376 g/mol. The van der Waals surface area contributed by atoms with E-state index in [0.717, 1.165) is 0 Å². The van der Waals surface area contributed by atoms with E-state index in [1.165, 1.54) is 0 Å². The molecular formula is C14H13BrCl2N2O. The second-order valence-electron chi connectivity index (χ2n) is 5.49. The molecule has 0 amide bonds. The third-order valence-corrected chi connectivity index (χ3v) is 3.88. The first-order valence-electron chi connectivity index (χ1n) is 5.95. The van der Waals surface area contributed by atoms with Gasteiger partial charge in [0.15, 0.2) is 0 Å². The summed E-state index contributed by atoms with van der Waals surface area (Å²) < 4.78 is 0.446. The van der Waals surface area contributed by atoms with Crippen LogP contribution in [-0.4, -0.2) is 9.97 Å². The fraction of sp³-hybridized carbons (Fsp3) is 0.286. The van der Waals surface area contributed by atoms with Gasteiger partial charge in [-0.15, -0.1) is 0 Å². The number of H-pyrrole nitrogens is 1. The molecule has 106 valence electrons. The molecule has 2 aromatic rings. The third-order valence-electron chi connectivity index (χ3n) is 2.71. The molecule has 0 aliphatic heterocycles. The molecule has 0 saturated heterocycles. The maximum atomic E-state index is 12.0. The molecular weight excluding hydrogens is 363 g/mol. The van der Waals surface area contributed by atoms with E-state index in [0.29, 0.717) is 31.6 Å². The van der Waals surface area contributed by atoms with Crippen LogP contribution in [0.5, 0.6) is 0 Å². The summed E-state index contributed by atoms with van der Waals surface area (Å²) in [6.45, 7) is 5.98. The number of nitrogens with zero attached hydrogens (tertiary/aromatic N) is 1. The molecule has 3 nitrogen and oxygen atoms in total. The van der Waals surface area contributed by atoms with E-state index in [4.69, 9.17) is 23.2 Å². The van der Waals surface area contributed by atoms with Crippen LogP contribution >= 0.6 is 39.1 Å². The molecule has 0 fully saturated rings. The summed E-state index contributed by atoms with van der Waals surface area (Å²) in [6.07, 6.45) is 0. The highest BCUT2D eigenvalue weighted by Crippen LogP contribution is 2.29. The van der Waals surface area contributed by atoms with E-state index in [-0.39, 0.29) is 11.0 Å². The first-order chi connectivity index (χ1) is 9.18. The van der Waals surface area contributed by atoms with Crippen molar-refractivity contribution in [3.63, 3.8) is 0 Å². The van der Waals surface area contributed by atoms with Crippen LogP contribution in [0.25, 0.3) is 11.4 Å². The summed E-state index contributed by atoms with van der Waals surface area (Å²) in [6, 6.07) is 5.06. The number of benzene rings is 1. The average Bonchev–Trinajstić information content (AvgIpc) is 2.29. The molecule has 0 saturated carbocycles. The van der Waals surface area contributed by atoms with Crippen molar-refractivity contribution in [3.05, 3.63) is 48.8 Å². The molecule has 0 atom stereocenters. The highest BCUT2D eigenvalue weighted by Gasteiger charge is 2.22. The largest absolute Gasteiger partial charge is 0.306 e. The second-order valence-corrected chi connectivity index (χ2v) is 7.15. The molecule has 0 aliphatic rings. The van der Waals surface area contributed by atoms with Crippen molar-refractivity contribution in [2.24, 2.45) is 0 Å². The summed E-state index contributed by atoms with van der Waals surface area (Å²) in [4.78, 5) is 19.3. The highest BCUT2D eigenvalue weighted by atomic mass is 79.9. The normalized spacial score (nSPS) is 11.7. The van der Waals surface area contributed by atoms with Gasteiger partial charge in [-0.2, -0.15) is 0 Å². The summed E-state index contributed by atoms with van der Waals surface area (Å²) in [5, 5.41) is 0.991. The molecule has 0 aliphatic carbocycles. The molecule has 1 heterocycles. The van der Waals surface area contributed by atoms with Gasteiger partial charge in [-0.05, 0) is 34.1 Å². The van der Waals surface area contributed by atoms with Gasteiger partial charge in [0.05, 0.1) is 5.69 Å². The Morgan fingerprint density at radius 1 is 1.15 bits per heavy atom. The Balaban J connectivity index is 2.70. The van der Waals surface area contributed by atoms with Crippen molar-refractivity contribution < 1.29 is 0 Å². The van der Waals surface area contributed by atoms with Gasteiger partial charge in [0.1, 0.15) is 10.3 Å². The maximum Gasteiger partial charge on any atom is 0.265 e. The predicted octanol–water partition coefficient (Wildman–Crippen LogP) is 4.80. The Bertz CT molecular complexity index is 700. The van der Waals surface area contributed by atoms with Gasteiger partial charge in [0, 0.05) is 21.0 Å². The van der Waals surface area contributed by atoms with Crippen molar-refractivity contribution in [2.75, 3.05) is 0 Å². The van der Waals surface area contributed by atoms with E-state index < -0.39 is 0 Å². The van der Waals surface area contributed by atoms with E-state index in [2.05, 4.69) is 25.9 Å². The van der Waals surface area contributed by atoms with Gasteiger partial charge in [-0.25, -0.2) is 4.98 Å². The van der Waals surface area contributed by atoms with Gasteiger partial charge < -0.3 is 4.98 Å². The zero-order chi connectivity index (χ0) is 15.1. The van der Waals surface area contributed by atoms with Crippen LogP contribution in [0.15, 0.2) is 27.5 Å². The van der Waals surface area contributed by atoms with Gasteiger partial charge in [0.2, 0.25) is 0 Å². The SMILES string of the molecule is CC(C)(C)c1nc(-c2cc(Cl)cc(Cl)c2)[nH]c(=O)c1Br. The lowest BCUT2D eigenvalue weighted by atomic mass is 9.92. The fourth-order valence-corrected chi connectivity index (χ4v) is 3.09. The summed E-state index contributed by atoms with van der Waals surface area (Å²) in [5.74, 6) is 0.451. The van der Waals surface area contributed by atoms with Crippen LogP contribution in [0.4, 0.5) is 0 Å². The lowest BCUT2D eigenvalue weighted by Crippen LogP contribution is -2.22. The van der Waals surface area contributed by atoms with Crippen LogP contribution in [0.1, 0.15) is 26.5 Å². The first kappa shape index (κ1) is 15.5. The molecule has 6 heteroatoms. The fourth-order valence-electron chi connectivity index (χ4n) is 1.78. The molecule has 0 bridgehead atoms. The molecule has 1 aromatic carbocycles. The van der Waals surface area contributed by atoms with Crippen LogP contribution < -0.4 is 5.56 Å². The second kappa shape index (κ2) is 5.51. The molecule has 0 radical (unpaired) electrons. The number of aromatic amines is 1. The number of halogens is 3. The smallest absolute Gasteiger partial charge is 0.265 e. The molecule has 1 aromatic heterocycles. The van der Waals surface area contributed by atoms with Crippen molar-refractivity contribution in [1.82, 2.24) is 9.97 Å². The lowest BCUT2D eigenvalue weighted by molar-refractivity contribution is 0.562. The molecule has 0 spiro atoms. The minimum absolute atomic E-state index is 0.226. The number of hydrogen-bond acceptors (Lipinski definition) is 2. The Hall–Kier alpha value is -0.840. The van der Waals surface area contributed by atoms with Crippen molar-refractivity contribution >= 4 is 39.1 Å². The minimum Gasteiger partial charge on any atom is -0.306 e. The van der Waals surface area contributed by atoms with E-state index >= 15 is 0 Å². The number of hydrogen-bond donors (Lipinski definition) is 1. The topological polar surface area (TPSA) is 45.8 Å². The summed E-state index contributed by atoms with van der Waals surface area (Å²) in [7, 11) is 0. The van der Waals surface area contributed by atoms with Crippen LogP contribution in [0, 0.1) is 0 Å².